The SMILES string of the molecule is Cc1ccc(S(=O)(=O)N2CCCN(c3ccc(NC(=O)Nc4cccc(C)c4C)cn3)CC2)cc1. The topological polar surface area (TPSA) is 94.6 Å². The number of hydrogen-bond acceptors (Lipinski definition) is 5. The molecule has 0 saturated carbocycles. The van der Waals surface area contributed by atoms with E-state index in [9.17, 15) is 13.2 Å². The van der Waals surface area contributed by atoms with Gasteiger partial charge in [-0.15, -0.1) is 0 Å². The minimum atomic E-state index is -3.53. The molecule has 1 aliphatic heterocycles. The molecule has 1 saturated heterocycles. The highest BCUT2D eigenvalue weighted by Gasteiger charge is 2.27. The van der Waals surface area contributed by atoms with Crippen LogP contribution < -0.4 is 15.5 Å². The van der Waals surface area contributed by atoms with Gasteiger partial charge in [-0.2, -0.15) is 4.31 Å². The van der Waals surface area contributed by atoms with Crippen LogP contribution in [0.15, 0.2) is 65.7 Å². The zero-order valence-electron chi connectivity index (χ0n) is 20.3. The number of nitrogens with zero attached hydrogens (tertiary/aromatic N) is 3. The van der Waals surface area contributed by atoms with Gasteiger partial charge in [0, 0.05) is 31.9 Å². The Kier molecular flexibility index (Phi) is 7.37. The fraction of sp³-hybridized carbons (Fsp3) is 0.308. The van der Waals surface area contributed by atoms with Crippen LogP contribution in [0, 0.1) is 20.8 Å². The molecule has 0 radical (unpaired) electrons. The second-order valence-electron chi connectivity index (χ2n) is 8.79. The number of sulfonamides is 1. The van der Waals surface area contributed by atoms with Gasteiger partial charge in [-0.3, -0.25) is 0 Å². The van der Waals surface area contributed by atoms with Crippen LogP contribution in [0.1, 0.15) is 23.1 Å². The van der Waals surface area contributed by atoms with E-state index in [4.69, 9.17) is 0 Å². The molecule has 3 aromatic rings. The van der Waals surface area contributed by atoms with E-state index in [0.29, 0.717) is 43.2 Å². The molecule has 2 heterocycles. The van der Waals surface area contributed by atoms with Crippen LogP contribution in [0.25, 0.3) is 0 Å². The summed E-state index contributed by atoms with van der Waals surface area (Å²) in [6, 6.07) is 16.1. The Bertz CT molecular complexity index is 1290. The van der Waals surface area contributed by atoms with Gasteiger partial charge in [0.2, 0.25) is 10.0 Å². The average Bonchev–Trinajstić information content (AvgIpc) is 3.10. The fourth-order valence-electron chi connectivity index (χ4n) is 4.04. The normalized spacial score (nSPS) is 14.9. The third kappa shape index (κ3) is 5.80. The third-order valence-electron chi connectivity index (χ3n) is 6.30. The van der Waals surface area contributed by atoms with Crippen molar-refractivity contribution in [3.63, 3.8) is 0 Å². The Hall–Kier alpha value is -3.43. The number of aromatic nitrogens is 1. The number of nitrogens with one attached hydrogen (secondary N) is 2. The minimum absolute atomic E-state index is 0.323. The number of aryl methyl sites for hydroxylation is 2. The van der Waals surface area contributed by atoms with Crippen molar-refractivity contribution in [2.24, 2.45) is 0 Å². The summed E-state index contributed by atoms with van der Waals surface area (Å²) >= 11 is 0. The minimum Gasteiger partial charge on any atom is -0.355 e. The van der Waals surface area contributed by atoms with Crippen molar-refractivity contribution >= 4 is 33.2 Å². The molecular formula is C26H31N5O3S. The highest BCUT2D eigenvalue weighted by Crippen LogP contribution is 2.22. The molecule has 2 aromatic carbocycles. The summed E-state index contributed by atoms with van der Waals surface area (Å²) in [4.78, 5) is 19.3. The lowest BCUT2D eigenvalue weighted by Crippen LogP contribution is -2.35. The maximum atomic E-state index is 13.1. The maximum Gasteiger partial charge on any atom is 0.323 e. The summed E-state index contributed by atoms with van der Waals surface area (Å²) in [6.07, 6.45) is 2.31. The third-order valence-corrected chi connectivity index (χ3v) is 8.21. The second-order valence-corrected chi connectivity index (χ2v) is 10.7. The van der Waals surface area contributed by atoms with Crippen molar-refractivity contribution < 1.29 is 13.2 Å². The van der Waals surface area contributed by atoms with Crippen molar-refractivity contribution in [3.05, 3.63) is 77.5 Å². The van der Waals surface area contributed by atoms with Gasteiger partial charge in [-0.1, -0.05) is 29.8 Å². The molecule has 4 rings (SSSR count). The van der Waals surface area contributed by atoms with Crippen LogP contribution >= 0.6 is 0 Å². The molecule has 1 aromatic heterocycles. The lowest BCUT2D eigenvalue weighted by Gasteiger charge is -2.23. The quantitative estimate of drug-likeness (QED) is 0.544. The number of carbonyl (C=O) groups excluding carboxylic acids is 1. The number of rotatable bonds is 5. The predicted molar refractivity (Wildman–Crippen MR) is 140 cm³/mol. The molecule has 1 fully saturated rings. The van der Waals surface area contributed by atoms with Gasteiger partial charge in [0.1, 0.15) is 5.82 Å². The first-order valence-electron chi connectivity index (χ1n) is 11.7. The van der Waals surface area contributed by atoms with Crippen molar-refractivity contribution in [2.75, 3.05) is 41.7 Å². The van der Waals surface area contributed by atoms with Crippen molar-refractivity contribution in [3.8, 4) is 0 Å². The van der Waals surface area contributed by atoms with E-state index in [1.165, 1.54) is 0 Å². The van der Waals surface area contributed by atoms with E-state index >= 15 is 0 Å². The molecule has 0 bridgehead atoms. The first kappa shape index (κ1) is 24.7. The van der Waals surface area contributed by atoms with Gasteiger partial charge in [-0.25, -0.2) is 18.2 Å². The molecule has 184 valence electrons. The largest absolute Gasteiger partial charge is 0.355 e. The van der Waals surface area contributed by atoms with Gasteiger partial charge >= 0.3 is 6.03 Å². The van der Waals surface area contributed by atoms with Crippen LogP contribution in [0.4, 0.5) is 22.0 Å². The zero-order valence-corrected chi connectivity index (χ0v) is 21.1. The Labute approximate surface area is 207 Å². The number of anilines is 3. The number of urea groups is 1. The maximum absolute atomic E-state index is 13.1. The van der Waals surface area contributed by atoms with Crippen LogP contribution in [0.5, 0.6) is 0 Å². The van der Waals surface area contributed by atoms with Gasteiger partial charge in [0.05, 0.1) is 16.8 Å². The molecule has 2 N–H and O–H groups in total. The molecule has 0 spiro atoms. The number of pyridine rings is 1. The van der Waals surface area contributed by atoms with Gasteiger partial charge in [0.15, 0.2) is 0 Å². The highest BCUT2D eigenvalue weighted by atomic mass is 32.2. The first-order valence-corrected chi connectivity index (χ1v) is 13.1. The number of benzene rings is 2. The van der Waals surface area contributed by atoms with Gasteiger partial charge in [0.25, 0.3) is 0 Å². The highest BCUT2D eigenvalue weighted by molar-refractivity contribution is 7.89. The van der Waals surface area contributed by atoms with Crippen molar-refractivity contribution in [1.82, 2.24) is 9.29 Å². The fourth-order valence-corrected chi connectivity index (χ4v) is 5.51. The summed E-state index contributed by atoms with van der Waals surface area (Å²) < 4.78 is 27.7. The van der Waals surface area contributed by atoms with Crippen molar-refractivity contribution in [2.45, 2.75) is 32.1 Å². The van der Waals surface area contributed by atoms with E-state index in [1.54, 1.807) is 28.7 Å². The molecule has 9 heteroatoms. The molecule has 35 heavy (non-hydrogen) atoms. The standard InChI is InChI=1S/C26H31N5O3S/c1-19-8-11-23(12-9-19)35(33,34)31-15-5-14-30(16-17-31)25-13-10-22(18-27-25)28-26(32)29-24-7-4-6-20(2)21(24)3/h4,6-13,18H,5,14-17H2,1-3H3,(H2,28,29,32). The summed E-state index contributed by atoms with van der Waals surface area (Å²) in [6.45, 7) is 7.99. The van der Waals surface area contributed by atoms with E-state index in [0.717, 1.165) is 28.2 Å². The summed E-state index contributed by atoms with van der Waals surface area (Å²) in [5.41, 5.74) is 4.50. The molecule has 2 amide bonds. The number of carbonyl (C=O) groups is 1. The monoisotopic (exact) mass is 493 g/mol. The lowest BCUT2D eigenvalue weighted by molar-refractivity contribution is 0.262. The van der Waals surface area contributed by atoms with Crippen LogP contribution in [-0.4, -0.2) is 49.9 Å². The molecule has 0 unspecified atom stereocenters. The summed E-state index contributed by atoms with van der Waals surface area (Å²) in [7, 11) is -3.53. The van der Waals surface area contributed by atoms with Gasteiger partial charge < -0.3 is 15.5 Å². The summed E-state index contributed by atoms with van der Waals surface area (Å²) in [5.74, 6) is 0.750. The predicted octanol–water partition coefficient (Wildman–Crippen LogP) is 4.55. The average molecular weight is 494 g/mol. The Morgan fingerprint density at radius 3 is 2.37 bits per heavy atom. The Balaban J connectivity index is 1.36. The zero-order chi connectivity index (χ0) is 25.0. The molecule has 0 atom stereocenters. The Morgan fingerprint density at radius 2 is 1.66 bits per heavy atom. The van der Waals surface area contributed by atoms with E-state index in [2.05, 4.69) is 20.5 Å². The smallest absolute Gasteiger partial charge is 0.323 e. The number of hydrogen-bond donors (Lipinski definition) is 2. The number of amides is 2. The second kappa shape index (κ2) is 10.5. The van der Waals surface area contributed by atoms with Gasteiger partial charge in [-0.05, 0) is 68.7 Å². The first-order chi connectivity index (χ1) is 16.7. The van der Waals surface area contributed by atoms with E-state index < -0.39 is 10.0 Å². The van der Waals surface area contributed by atoms with Crippen LogP contribution in [0.3, 0.4) is 0 Å². The van der Waals surface area contributed by atoms with Crippen molar-refractivity contribution in [1.29, 1.82) is 0 Å². The summed E-state index contributed by atoms with van der Waals surface area (Å²) in [5, 5.41) is 5.68. The molecule has 0 aliphatic carbocycles. The van der Waals surface area contributed by atoms with Crippen LogP contribution in [0.2, 0.25) is 0 Å². The van der Waals surface area contributed by atoms with Crippen LogP contribution in [-0.2, 0) is 10.0 Å². The molecular weight excluding hydrogens is 462 g/mol. The van der Waals surface area contributed by atoms with E-state index in [-0.39, 0.29) is 6.03 Å². The Morgan fingerprint density at radius 1 is 0.886 bits per heavy atom. The molecule has 8 nitrogen and oxygen atoms in total. The molecule has 1 aliphatic rings. The lowest BCUT2D eigenvalue weighted by atomic mass is 10.1. The van der Waals surface area contributed by atoms with E-state index in [1.807, 2.05) is 57.2 Å².